The van der Waals surface area contributed by atoms with E-state index in [0.717, 1.165) is 4.57 Å². The van der Waals surface area contributed by atoms with Gasteiger partial charge in [0.25, 0.3) is 5.56 Å². The maximum Gasteiger partial charge on any atom is 0.332 e. The number of alkyl halides is 1. The Kier molecular flexibility index (Phi) is 2.38. The zero-order chi connectivity index (χ0) is 12.0. The smallest absolute Gasteiger partial charge is 0.316 e. The molecule has 2 heterocycles. The van der Waals surface area contributed by atoms with Crippen molar-refractivity contribution in [2.75, 3.05) is 0 Å². The van der Waals surface area contributed by atoms with E-state index in [9.17, 15) is 9.59 Å². The van der Waals surface area contributed by atoms with E-state index in [1.807, 2.05) is 0 Å². The second-order valence-electron chi connectivity index (χ2n) is 3.60. The summed E-state index contributed by atoms with van der Waals surface area (Å²) in [6, 6.07) is 0. The predicted octanol–water partition coefficient (Wildman–Crippen LogP) is -0.291. The third kappa shape index (κ3) is 1.23. The summed E-state index contributed by atoms with van der Waals surface area (Å²) in [6.45, 7) is 0. The third-order valence-corrected chi connectivity index (χ3v) is 2.91. The summed E-state index contributed by atoms with van der Waals surface area (Å²) >= 11 is 5.71. The molecular formula is C9H11ClN4O2. The van der Waals surface area contributed by atoms with Crippen LogP contribution in [0.2, 0.25) is 0 Å². The van der Waals surface area contributed by atoms with Crippen LogP contribution in [-0.2, 0) is 27.0 Å². The molecule has 2 aromatic rings. The van der Waals surface area contributed by atoms with E-state index in [0.29, 0.717) is 11.5 Å². The van der Waals surface area contributed by atoms with Crippen LogP contribution in [0.15, 0.2) is 9.59 Å². The number of fused-ring (bicyclic) bond motifs is 1. The van der Waals surface area contributed by atoms with Crippen molar-refractivity contribution in [1.82, 2.24) is 18.7 Å². The molecule has 0 aromatic carbocycles. The normalized spacial score (nSPS) is 11.2. The van der Waals surface area contributed by atoms with Crippen molar-refractivity contribution in [2.45, 2.75) is 5.88 Å². The fraction of sp³-hybridized carbons (Fsp3) is 0.444. The quantitative estimate of drug-likeness (QED) is 0.646. The molecule has 6 nitrogen and oxygen atoms in total. The highest BCUT2D eigenvalue weighted by molar-refractivity contribution is 6.16. The number of rotatable bonds is 1. The van der Waals surface area contributed by atoms with E-state index in [2.05, 4.69) is 4.98 Å². The van der Waals surface area contributed by atoms with Crippen LogP contribution in [-0.4, -0.2) is 18.7 Å². The van der Waals surface area contributed by atoms with Gasteiger partial charge in [-0.15, -0.1) is 11.6 Å². The molecule has 0 fully saturated rings. The summed E-state index contributed by atoms with van der Waals surface area (Å²) in [6.07, 6.45) is 0. The Balaban J connectivity index is 3.13. The van der Waals surface area contributed by atoms with Gasteiger partial charge >= 0.3 is 5.69 Å². The number of imidazole rings is 1. The summed E-state index contributed by atoms with van der Waals surface area (Å²) in [7, 11) is 4.76. The Morgan fingerprint density at radius 1 is 1.12 bits per heavy atom. The number of halogens is 1. The van der Waals surface area contributed by atoms with Crippen LogP contribution in [0.25, 0.3) is 11.2 Å². The zero-order valence-electron chi connectivity index (χ0n) is 9.19. The predicted molar refractivity (Wildman–Crippen MR) is 60.8 cm³/mol. The fourth-order valence-electron chi connectivity index (χ4n) is 1.74. The molecule has 0 unspecified atom stereocenters. The van der Waals surface area contributed by atoms with Gasteiger partial charge in [-0.3, -0.25) is 13.9 Å². The molecule has 86 valence electrons. The van der Waals surface area contributed by atoms with Crippen LogP contribution >= 0.6 is 11.6 Å². The molecule has 0 amide bonds. The maximum atomic E-state index is 11.8. The highest BCUT2D eigenvalue weighted by Gasteiger charge is 2.15. The van der Waals surface area contributed by atoms with Crippen molar-refractivity contribution < 1.29 is 0 Å². The van der Waals surface area contributed by atoms with Gasteiger partial charge < -0.3 is 4.57 Å². The minimum Gasteiger partial charge on any atom is -0.316 e. The van der Waals surface area contributed by atoms with Gasteiger partial charge in [0.1, 0.15) is 11.5 Å². The maximum absolute atomic E-state index is 11.8. The average molecular weight is 243 g/mol. The van der Waals surface area contributed by atoms with Gasteiger partial charge in [-0.05, 0) is 0 Å². The first-order valence-corrected chi connectivity index (χ1v) is 5.19. The Labute approximate surface area is 95.7 Å². The molecule has 0 spiro atoms. The molecule has 0 saturated heterocycles. The molecule has 0 bridgehead atoms. The summed E-state index contributed by atoms with van der Waals surface area (Å²) < 4.78 is 4.08. The van der Waals surface area contributed by atoms with Crippen molar-refractivity contribution in [3.63, 3.8) is 0 Å². The molecule has 0 aliphatic rings. The molecule has 0 aliphatic carbocycles. The second-order valence-corrected chi connectivity index (χ2v) is 3.87. The molecule has 0 N–H and O–H groups in total. The number of hydrogen-bond acceptors (Lipinski definition) is 3. The Morgan fingerprint density at radius 2 is 1.75 bits per heavy atom. The Morgan fingerprint density at radius 3 is 2.31 bits per heavy atom. The van der Waals surface area contributed by atoms with Gasteiger partial charge in [0.2, 0.25) is 0 Å². The van der Waals surface area contributed by atoms with Crippen molar-refractivity contribution in [3.8, 4) is 0 Å². The Hall–Kier alpha value is -1.56. The van der Waals surface area contributed by atoms with Crippen molar-refractivity contribution >= 4 is 22.8 Å². The number of hydrogen-bond donors (Lipinski definition) is 0. The first-order valence-electron chi connectivity index (χ1n) is 4.66. The number of nitrogens with zero attached hydrogens (tertiary/aromatic N) is 4. The van der Waals surface area contributed by atoms with Crippen molar-refractivity contribution in [1.29, 1.82) is 0 Å². The largest absolute Gasteiger partial charge is 0.332 e. The van der Waals surface area contributed by atoms with E-state index in [-0.39, 0.29) is 17.1 Å². The van der Waals surface area contributed by atoms with Gasteiger partial charge in [0.05, 0.1) is 5.88 Å². The monoisotopic (exact) mass is 242 g/mol. The summed E-state index contributed by atoms with van der Waals surface area (Å²) in [5.41, 5.74) is -0.0156. The highest BCUT2D eigenvalue weighted by Crippen LogP contribution is 2.10. The Bertz CT molecular complexity index is 679. The third-order valence-electron chi connectivity index (χ3n) is 2.68. The molecule has 0 radical (unpaired) electrons. The van der Waals surface area contributed by atoms with E-state index in [1.54, 1.807) is 18.7 Å². The SMILES string of the molecule is Cn1c(=O)c2nc(CCl)n(C)c2n(C)c1=O. The van der Waals surface area contributed by atoms with Crippen molar-refractivity contribution in [3.05, 3.63) is 26.7 Å². The molecule has 2 aromatic heterocycles. The summed E-state index contributed by atoms with van der Waals surface area (Å²) in [5, 5.41) is 0. The van der Waals surface area contributed by atoms with Crippen LogP contribution in [0.3, 0.4) is 0 Å². The van der Waals surface area contributed by atoms with Crippen LogP contribution in [0.1, 0.15) is 5.82 Å². The highest BCUT2D eigenvalue weighted by atomic mass is 35.5. The first-order chi connectivity index (χ1) is 7.49. The molecular weight excluding hydrogens is 232 g/mol. The van der Waals surface area contributed by atoms with Gasteiger partial charge in [-0.1, -0.05) is 0 Å². The molecule has 2 rings (SSSR count). The van der Waals surface area contributed by atoms with Gasteiger partial charge in [-0.2, -0.15) is 0 Å². The fourth-order valence-corrected chi connectivity index (χ4v) is 1.98. The zero-order valence-corrected chi connectivity index (χ0v) is 9.95. The second kappa shape index (κ2) is 3.48. The van der Waals surface area contributed by atoms with E-state index in [1.165, 1.54) is 11.6 Å². The lowest BCUT2D eigenvalue weighted by molar-refractivity contribution is 0.695. The molecule has 0 saturated carbocycles. The molecule has 16 heavy (non-hydrogen) atoms. The molecule has 0 atom stereocenters. The van der Waals surface area contributed by atoms with Crippen LogP contribution in [0.5, 0.6) is 0 Å². The lowest BCUT2D eigenvalue weighted by atomic mass is 10.5. The van der Waals surface area contributed by atoms with E-state index >= 15 is 0 Å². The average Bonchev–Trinajstić information content (AvgIpc) is 2.61. The number of aryl methyl sites for hydroxylation is 2. The minimum absolute atomic E-state index is 0.197. The summed E-state index contributed by atoms with van der Waals surface area (Å²) in [5.74, 6) is 0.762. The van der Waals surface area contributed by atoms with Gasteiger partial charge in [-0.25, -0.2) is 9.78 Å². The molecule has 7 heteroatoms. The number of aromatic nitrogens is 4. The first kappa shape index (κ1) is 10.9. The van der Waals surface area contributed by atoms with Crippen LogP contribution in [0, 0.1) is 0 Å². The summed E-state index contributed by atoms with van der Waals surface area (Å²) in [4.78, 5) is 27.6. The lowest BCUT2D eigenvalue weighted by Gasteiger charge is -2.05. The lowest BCUT2D eigenvalue weighted by Crippen LogP contribution is -2.37. The van der Waals surface area contributed by atoms with Crippen molar-refractivity contribution in [2.24, 2.45) is 21.1 Å². The van der Waals surface area contributed by atoms with E-state index < -0.39 is 5.56 Å². The van der Waals surface area contributed by atoms with Gasteiger partial charge in [0.15, 0.2) is 5.52 Å². The standard InChI is InChI=1S/C9H11ClN4O2/c1-12-5(4-10)11-6-7(12)13(2)9(16)14(3)8(6)15/h4H2,1-3H3. The topological polar surface area (TPSA) is 61.8 Å². The van der Waals surface area contributed by atoms with Gasteiger partial charge in [0, 0.05) is 21.1 Å². The molecule has 0 aliphatic heterocycles. The minimum atomic E-state index is -0.398. The van der Waals surface area contributed by atoms with E-state index in [4.69, 9.17) is 11.6 Å². The van der Waals surface area contributed by atoms with Crippen LogP contribution < -0.4 is 11.2 Å². The van der Waals surface area contributed by atoms with Crippen LogP contribution in [0.4, 0.5) is 0 Å².